The molecule has 0 aliphatic heterocycles. The van der Waals surface area contributed by atoms with E-state index in [0.717, 1.165) is 6.07 Å². The molecule has 0 aromatic heterocycles. The molecule has 5 heteroatoms. The summed E-state index contributed by atoms with van der Waals surface area (Å²) in [4.78, 5) is 0. The van der Waals surface area contributed by atoms with E-state index in [2.05, 4.69) is 0 Å². The molecule has 2 aromatic carbocycles. The third kappa shape index (κ3) is 3.02. The second-order valence-corrected chi connectivity index (χ2v) is 4.17. The SMILES string of the molecule is N#Cc1ccc(Oc2ccc(CO)c(Cl)c2)cc1F. The highest BCUT2D eigenvalue weighted by Gasteiger charge is 2.06. The molecule has 0 aliphatic rings. The standard InChI is InChI=1S/C14H9ClFNO2/c15-13-5-11(4-2-10(13)8-18)19-12-3-1-9(7-17)14(16)6-12/h1-6,18H,8H2. The van der Waals surface area contributed by atoms with E-state index < -0.39 is 5.82 Å². The van der Waals surface area contributed by atoms with Gasteiger partial charge in [-0.05, 0) is 29.8 Å². The number of nitrogens with zero attached hydrogens (tertiary/aromatic N) is 1. The molecule has 0 saturated heterocycles. The van der Waals surface area contributed by atoms with Crippen molar-refractivity contribution in [3.05, 3.63) is 58.4 Å². The van der Waals surface area contributed by atoms with E-state index in [9.17, 15) is 4.39 Å². The Labute approximate surface area is 114 Å². The largest absolute Gasteiger partial charge is 0.457 e. The molecule has 0 fully saturated rings. The molecule has 1 N–H and O–H groups in total. The Morgan fingerprint density at radius 1 is 1.21 bits per heavy atom. The number of ether oxygens (including phenoxy) is 1. The summed E-state index contributed by atoms with van der Waals surface area (Å²) in [6.45, 7) is -0.162. The van der Waals surface area contributed by atoms with Crippen LogP contribution < -0.4 is 4.74 Å². The topological polar surface area (TPSA) is 53.2 Å². The van der Waals surface area contributed by atoms with Gasteiger partial charge in [0, 0.05) is 11.1 Å². The van der Waals surface area contributed by atoms with Crippen molar-refractivity contribution in [3.63, 3.8) is 0 Å². The van der Waals surface area contributed by atoms with Crippen molar-refractivity contribution in [1.29, 1.82) is 5.26 Å². The van der Waals surface area contributed by atoms with E-state index in [0.29, 0.717) is 16.3 Å². The lowest BCUT2D eigenvalue weighted by Gasteiger charge is -2.08. The lowest BCUT2D eigenvalue weighted by atomic mass is 10.2. The summed E-state index contributed by atoms with van der Waals surface area (Å²) < 4.78 is 18.8. The lowest BCUT2D eigenvalue weighted by molar-refractivity contribution is 0.282. The molecule has 0 radical (unpaired) electrons. The van der Waals surface area contributed by atoms with Crippen molar-refractivity contribution >= 4 is 11.6 Å². The van der Waals surface area contributed by atoms with Crippen LogP contribution in [0.4, 0.5) is 4.39 Å². The van der Waals surface area contributed by atoms with Gasteiger partial charge in [0.2, 0.25) is 0 Å². The maximum Gasteiger partial charge on any atom is 0.144 e. The summed E-state index contributed by atoms with van der Waals surface area (Å²) in [6, 6.07) is 10.5. The van der Waals surface area contributed by atoms with Crippen LogP contribution >= 0.6 is 11.6 Å². The summed E-state index contributed by atoms with van der Waals surface area (Å²) in [6.07, 6.45) is 0. The van der Waals surface area contributed by atoms with Crippen molar-refractivity contribution in [1.82, 2.24) is 0 Å². The smallest absolute Gasteiger partial charge is 0.144 e. The fourth-order valence-electron chi connectivity index (χ4n) is 1.51. The Kier molecular flexibility index (Phi) is 4.00. The molecule has 0 spiro atoms. The molecular formula is C14H9ClFNO2. The number of rotatable bonds is 3. The first-order chi connectivity index (χ1) is 9.13. The van der Waals surface area contributed by atoms with Crippen LogP contribution in [0.15, 0.2) is 36.4 Å². The summed E-state index contributed by atoms with van der Waals surface area (Å²) >= 11 is 5.92. The van der Waals surface area contributed by atoms with E-state index in [1.54, 1.807) is 18.2 Å². The average molecular weight is 278 g/mol. The monoisotopic (exact) mass is 277 g/mol. The van der Waals surface area contributed by atoms with Gasteiger partial charge in [-0.1, -0.05) is 17.7 Å². The van der Waals surface area contributed by atoms with Crippen LogP contribution in [0.3, 0.4) is 0 Å². The first-order valence-corrected chi connectivity index (χ1v) is 5.78. The molecule has 0 amide bonds. The fourth-order valence-corrected chi connectivity index (χ4v) is 1.74. The zero-order chi connectivity index (χ0) is 13.8. The van der Waals surface area contributed by atoms with Crippen molar-refractivity contribution in [3.8, 4) is 17.6 Å². The van der Waals surface area contributed by atoms with Gasteiger partial charge >= 0.3 is 0 Å². The van der Waals surface area contributed by atoms with Crippen LogP contribution in [-0.2, 0) is 6.61 Å². The van der Waals surface area contributed by atoms with Gasteiger partial charge in [0.05, 0.1) is 12.2 Å². The van der Waals surface area contributed by atoms with Crippen LogP contribution in [0.2, 0.25) is 5.02 Å². The predicted molar refractivity (Wildman–Crippen MR) is 68.6 cm³/mol. The number of hydrogen-bond acceptors (Lipinski definition) is 3. The number of benzene rings is 2. The summed E-state index contributed by atoms with van der Waals surface area (Å²) in [5.74, 6) is 0.0497. The number of nitriles is 1. The van der Waals surface area contributed by atoms with Crippen molar-refractivity contribution in [2.75, 3.05) is 0 Å². The number of halogens is 2. The third-order valence-electron chi connectivity index (χ3n) is 2.49. The predicted octanol–water partition coefficient (Wildman–Crippen LogP) is 3.64. The molecule has 0 saturated carbocycles. The minimum atomic E-state index is -0.641. The Hall–Kier alpha value is -2.09. The third-order valence-corrected chi connectivity index (χ3v) is 2.84. The second kappa shape index (κ2) is 5.70. The van der Waals surface area contributed by atoms with Crippen molar-refractivity contribution < 1.29 is 14.2 Å². The summed E-state index contributed by atoms with van der Waals surface area (Å²) in [5.41, 5.74) is 0.543. The minimum Gasteiger partial charge on any atom is -0.457 e. The van der Waals surface area contributed by atoms with Gasteiger partial charge in [-0.3, -0.25) is 0 Å². The highest BCUT2D eigenvalue weighted by molar-refractivity contribution is 6.31. The number of aliphatic hydroxyl groups excluding tert-OH is 1. The highest BCUT2D eigenvalue weighted by Crippen LogP contribution is 2.27. The van der Waals surface area contributed by atoms with Gasteiger partial charge in [-0.2, -0.15) is 5.26 Å². The maximum absolute atomic E-state index is 13.4. The normalized spacial score (nSPS) is 10.0. The number of hydrogen-bond donors (Lipinski definition) is 1. The molecule has 0 unspecified atom stereocenters. The fraction of sp³-hybridized carbons (Fsp3) is 0.0714. The first-order valence-electron chi connectivity index (χ1n) is 5.41. The molecule has 0 atom stereocenters. The summed E-state index contributed by atoms with van der Waals surface area (Å²) in [5, 5.41) is 18.0. The molecule has 2 aromatic rings. The van der Waals surface area contributed by atoms with E-state index >= 15 is 0 Å². The molecule has 19 heavy (non-hydrogen) atoms. The zero-order valence-corrected chi connectivity index (χ0v) is 10.5. The average Bonchev–Trinajstić information content (AvgIpc) is 2.39. The maximum atomic E-state index is 13.4. The minimum absolute atomic E-state index is 0.0407. The van der Waals surface area contributed by atoms with Crippen LogP contribution in [0.1, 0.15) is 11.1 Å². The molecule has 0 bridgehead atoms. The van der Waals surface area contributed by atoms with E-state index in [-0.39, 0.29) is 17.9 Å². The van der Waals surface area contributed by atoms with E-state index in [1.165, 1.54) is 18.2 Å². The highest BCUT2D eigenvalue weighted by atomic mass is 35.5. The summed E-state index contributed by atoms with van der Waals surface area (Å²) in [7, 11) is 0. The second-order valence-electron chi connectivity index (χ2n) is 3.77. The molecule has 3 nitrogen and oxygen atoms in total. The lowest BCUT2D eigenvalue weighted by Crippen LogP contribution is -1.90. The van der Waals surface area contributed by atoms with Crippen molar-refractivity contribution in [2.45, 2.75) is 6.61 Å². The van der Waals surface area contributed by atoms with Crippen molar-refractivity contribution in [2.24, 2.45) is 0 Å². The molecule has 2 rings (SSSR count). The number of aliphatic hydroxyl groups is 1. The first kappa shape index (κ1) is 13.3. The Balaban J connectivity index is 2.24. The van der Waals surface area contributed by atoms with Gasteiger partial charge in [0.15, 0.2) is 0 Å². The van der Waals surface area contributed by atoms with Gasteiger partial charge in [-0.15, -0.1) is 0 Å². The van der Waals surface area contributed by atoms with E-state index in [4.69, 9.17) is 26.7 Å². The Morgan fingerprint density at radius 2 is 1.89 bits per heavy atom. The van der Waals surface area contributed by atoms with Crippen LogP contribution in [0.25, 0.3) is 0 Å². The van der Waals surface area contributed by atoms with Crippen LogP contribution in [-0.4, -0.2) is 5.11 Å². The van der Waals surface area contributed by atoms with Gasteiger partial charge in [-0.25, -0.2) is 4.39 Å². The molecule has 0 aliphatic carbocycles. The van der Waals surface area contributed by atoms with Crippen LogP contribution in [0.5, 0.6) is 11.5 Å². The molecular weight excluding hydrogens is 269 g/mol. The van der Waals surface area contributed by atoms with Gasteiger partial charge in [0.1, 0.15) is 23.4 Å². The van der Waals surface area contributed by atoms with Crippen LogP contribution in [0, 0.1) is 17.1 Å². The Morgan fingerprint density at radius 3 is 2.47 bits per heavy atom. The Bertz CT molecular complexity index is 652. The van der Waals surface area contributed by atoms with E-state index in [1.807, 2.05) is 0 Å². The quantitative estimate of drug-likeness (QED) is 0.932. The van der Waals surface area contributed by atoms with Gasteiger partial charge in [0.25, 0.3) is 0 Å². The molecule has 96 valence electrons. The van der Waals surface area contributed by atoms with Gasteiger partial charge < -0.3 is 9.84 Å². The zero-order valence-electron chi connectivity index (χ0n) is 9.73. The molecule has 0 heterocycles.